The molecular formula is C10H10N2O4. The van der Waals surface area contributed by atoms with Crippen LogP contribution < -0.4 is 10.2 Å². The van der Waals surface area contributed by atoms with E-state index < -0.39 is 5.97 Å². The number of carboxylic acids is 1. The molecule has 1 aliphatic heterocycles. The molecule has 1 aromatic carbocycles. The highest BCUT2D eigenvalue weighted by atomic mass is 16.4. The maximum Gasteiger partial charge on any atom is 0.323 e. The van der Waals surface area contributed by atoms with E-state index in [1.807, 2.05) is 0 Å². The highest BCUT2D eigenvalue weighted by Gasteiger charge is 2.23. The molecule has 1 aromatic rings. The van der Waals surface area contributed by atoms with Crippen LogP contribution in [-0.2, 0) is 9.59 Å². The highest BCUT2D eigenvalue weighted by molar-refractivity contribution is 6.02. The molecule has 0 unspecified atom stereocenters. The first-order valence-corrected chi connectivity index (χ1v) is 4.66. The van der Waals surface area contributed by atoms with Crippen molar-refractivity contribution in [3.63, 3.8) is 0 Å². The quantitative estimate of drug-likeness (QED) is 0.623. The molecule has 0 spiro atoms. The number of hydrogen-bond acceptors (Lipinski definition) is 4. The van der Waals surface area contributed by atoms with E-state index in [4.69, 9.17) is 5.11 Å². The van der Waals surface area contributed by atoms with Gasteiger partial charge in [-0.25, -0.2) is 0 Å². The number of amides is 1. The lowest BCUT2D eigenvalue weighted by Crippen LogP contribution is -2.41. The Morgan fingerprint density at radius 1 is 1.50 bits per heavy atom. The van der Waals surface area contributed by atoms with Gasteiger partial charge in [-0.05, 0) is 12.1 Å². The third kappa shape index (κ3) is 1.90. The molecule has 3 N–H and O–H groups in total. The van der Waals surface area contributed by atoms with E-state index in [9.17, 15) is 14.7 Å². The minimum Gasteiger partial charge on any atom is -0.508 e. The molecule has 0 aliphatic carbocycles. The van der Waals surface area contributed by atoms with Crippen LogP contribution in [0.4, 0.5) is 11.4 Å². The molecule has 6 nitrogen and oxygen atoms in total. The third-order valence-electron chi connectivity index (χ3n) is 2.26. The molecule has 1 amide bonds. The first-order valence-electron chi connectivity index (χ1n) is 4.66. The number of nitrogens with zero attached hydrogens (tertiary/aromatic N) is 1. The molecular weight excluding hydrogens is 212 g/mol. The number of fused-ring (bicyclic) bond motifs is 1. The Labute approximate surface area is 91.1 Å². The van der Waals surface area contributed by atoms with E-state index in [2.05, 4.69) is 5.32 Å². The standard InChI is InChI=1S/C10H10N2O4/c13-6-1-2-7-8(3-6)12(5-10(15)16)4-9(14)11-7/h1-3,13H,4-5H2,(H,11,14)(H,15,16). The lowest BCUT2D eigenvalue weighted by Gasteiger charge is -2.29. The van der Waals surface area contributed by atoms with Crippen molar-refractivity contribution in [3.05, 3.63) is 18.2 Å². The average Bonchev–Trinajstić information content (AvgIpc) is 2.18. The number of phenolic OH excluding ortho intramolecular Hbond substituents is 1. The molecule has 0 atom stereocenters. The van der Waals surface area contributed by atoms with Gasteiger partial charge >= 0.3 is 5.97 Å². The van der Waals surface area contributed by atoms with Crippen LogP contribution in [0.1, 0.15) is 0 Å². The van der Waals surface area contributed by atoms with Gasteiger partial charge in [0, 0.05) is 6.07 Å². The van der Waals surface area contributed by atoms with Gasteiger partial charge in [0.25, 0.3) is 0 Å². The maximum absolute atomic E-state index is 11.3. The highest BCUT2D eigenvalue weighted by Crippen LogP contribution is 2.32. The molecule has 84 valence electrons. The Morgan fingerprint density at radius 2 is 2.25 bits per heavy atom. The van der Waals surface area contributed by atoms with Crippen molar-refractivity contribution >= 4 is 23.3 Å². The topological polar surface area (TPSA) is 89.9 Å². The first kappa shape index (κ1) is 10.3. The van der Waals surface area contributed by atoms with Crippen LogP contribution in [0.5, 0.6) is 5.75 Å². The molecule has 0 saturated heterocycles. The van der Waals surface area contributed by atoms with Gasteiger partial charge in [-0.15, -0.1) is 0 Å². The van der Waals surface area contributed by atoms with Crippen LogP contribution in [0.2, 0.25) is 0 Å². The number of benzene rings is 1. The summed E-state index contributed by atoms with van der Waals surface area (Å²) in [7, 11) is 0. The molecule has 0 radical (unpaired) electrons. The van der Waals surface area contributed by atoms with Gasteiger partial charge in [0.1, 0.15) is 12.3 Å². The molecule has 1 heterocycles. The molecule has 6 heteroatoms. The summed E-state index contributed by atoms with van der Waals surface area (Å²) < 4.78 is 0. The predicted octanol–water partition coefficient (Wildman–Crippen LogP) is 0.235. The van der Waals surface area contributed by atoms with E-state index in [-0.39, 0.29) is 24.7 Å². The van der Waals surface area contributed by atoms with Crippen molar-refractivity contribution in [2.45, 2.75) is 0 Å². The Hall–Kier alpha value is -2.24. The fourth-order valence-electron chi connectivity index (χ4n) is 1.64. The normalized spacial score (nSPS) is 14.2. The van der Waals surface area contributed by atoms with E-state index in [0.717, 1.165) is 0 Å². The maximum atomic E-state index is 11.3. The van der Waals surface area contributed by atoms with E-state index >= 15 is 0 Å². The van der Waals surface area contributed by atoms with Crippen LogP contribution in [-0.4, -0.2) is 35.2 Å². The Kier molecular flexibility index (Phi) is 2.40. The van der Waals surface area contributed by atoms with Crippen LogP contribution >= 0.6 is 0 Å². The van der Waals surface area contributed by atoms with Crippen LogP contribution in [0, 0.1) is 0 Å². The molecule has 0 aromatic heterocycles. The lowest BCUT2D eigenvalue weighted by atomic mass is 10.2. The smallest absolute Gasteiger partial charge is 0.323 e. The summed E-state index contributed by atoms with van der Waals surface area (Å²) in [6.45, 7) is -0.299. The van der Waals surface area contributed by atoms with Crippen LogP contribution in [0.3, 0.4) is 0 Å². The summed E-state index contributed by atoms with van der Waals surface area (Å²) in [5, 5.41) is 20.6. The van der Waals surface area contributed by atoms with E-state index in [0.29, 0.717) is 11.4 Å². The van der Waals surface area contributed by atoms with Gasteiger partial charge in [-0.1, -0.05) is 0 Å². The monoisotopic (exact) mass is 222 g/mol. The molecule has 2 rings (SSSR count). The predicted molar refractivity (Wildman–Crippen MR) is 56.6 cm³/mol. The zero-order chi connectivity index (χ0) is 11.7. The van der Waals surface area contributed by atoms with Crippen molar-refractivity contribution in [2.75, 3.05) is 23.3 Å². The minimum absolute atomic E-state index is 0.0250. The minimum atomic E-state index is -1.02. The molecule has 0 saturated carbocycles. The second-order valence-electron chi connectivity index (χ2n) is 3.50. The number of nitrogens with one attached hydrogen (secondary N) is 1. The number of carboxylic acid groups (broad SMARTS) is 1. The lowest BCUT2D eigenvalue weighted by molar-refractivity contribution is -0.135. The number of anilines is 2. The fourth-order valence-corrected chi connectivity index (χ4v) is 1.64. The van der Waals surface area contributed by atoms with Crippen molar-refractivity contribution in [1.82, 2.24) is 0 Å². The van der Waals surface area contributed by atoms with Crippen molar-refractivity contribution in [1.29, 1.82) is 0 Å². The summed E-state index contributed by atoms with van der Waals surface area (Å²) in [6, 6.07) is 4.40. The first-order chi connectivity index (χ1) is 7.56. The number of aliphatic carboxylic acids is 1. The van der Waals surface area contributed by atoms with Gasteiger partial charge in [-0.2, -0.15) is 0 Å². The fraction of sp³-hybridized carbons (Fsp3) is 0.200. The molecule has 1 aliphatic rings. The Bertz CT molecular complexity index is 458. The second kappa shape index (κ2) is 3.73. The zero-order valence-electron chi connectivity index (χ0n) is 8.30. The van der Waals surface area contributed by atoms with Gasteiger partial charge in [0.15, 0.2) is 0 Å². The number of aromatic hydroxyl groups is 1. The molecule has 0 fully saturated rings. The Balaban J connectivity index is 2.39. The average molecular weight is 222 g/mol. The number of carbonyl (C=O) groups is 2. The number of phenols is 1. The number of hydrogen-bond donors (Lipinski definition) is 3. The summed E-state index contributed by atoms with van der Waals surface area (Å²) >= 11 is 0. The summed E-state index contributed by atoms with van der Waals surface area (Å²) in [4.78, 5) is 23.3. The number of carbonyl (C=O) groups excluding carboxylic acids is 1. The second-order valence-corrected chi connectivity index (χ2v) is 3.50. The summed E-state index contributed by atoms with van der Waals surface area (Å²) in [6.07, 6.45) is 0. The van der Waals surface area contributed by atoms with Crippen molar-refractivity contribution in [3.8, 4) is 5.75 Å². The molecule has 16 heavy (non-hydrogen) atoms. The van der Waals surface area contributed by atoms with Gasteiger partial charge in [0.05, 0.1) is 17.9 Å². The summed E-state index contributed by atoms with van der Waals surface area (Å²) in [5.74, 6) is -1.26. The zero-order valence-corrected chi connectivity index (χ0v) is 8.30. The molecule has 0 bridgehead atoms. The third-order valence-corrected chi connectivity index (χ3v) is 2.26. The van der Waals surface area contributed by atoms with E-state index in [1.165, 1.54) is 23.1 Å². The van der Waals surface area contributed by atoms with Crippen molar-refractivity contribution < 1.29 is 19.8 Å². The SMILES string of the molecule is O=C(O)CN1CC(=O)Nc2ccc(O)cc21. The van der Waals surface area contributed by atoms with Gasteiger partial charge in [0.2, 0.25) is 5.91 Å². The van der Waals surface area contributed by atoms with Crippen LogP contribution in [0.15, 0.2) is 18.2 Å². The largest absolute Gasteiger partial charge is 0.508 e. The van der Waals surface area contributed by atoms with E-state index in [1.54, 1.807) is 0 Å². The number of rotatable bonds is 2. The van der Waals surface area contributed by atoms with Gasteiger partial charge < -0.3 is 20.4 Å². The van der Waals surface area contributed by atoms with Crippen LogP contribution in [0.25, 0.3) is 0 Å². The Morgan fingerprint density at radius 3 is 2.94 bits per heavy atom. The van der Waals surface area contributed by atoms with Gasteiger partial charge in [-0.3, -0.25) is 9.59 Å². The van der Waals surface area contributed by atoms with Crippen molar-refractivity contribution in [2.24, 2.45) is 0 Å². The summed E-state index contributed by atoms with van der Waals surface area (Å²) in [5.41, 5.74) is 1.03.